The molecule has 5 rings (SSSR count). The molecule has 0 amide bonds. The number of ether oxygens (including phenoxy) is 1. The predicted molar refractivity (Wildman–Crippen MR) is 147 cm³/mol. The molecule has 9 nitrogen and oxygen atoms in total. The molecule has 1 aliphatic heterocycles. The number of aromatic nitrogens is 3. The zero-order valence-electron chi connectivity index (χ0n) is 20.3. The first-order chi connectivity index (χ1) is 17.8. The summed E-state index contributed by atoms with van der Waals surface area (Å²) in [7, 11) is -2.04. The van der Waals surface area contributed by atoms with Crippen molar-refractivity contribution in [2.24, 2.45) is 0 Å². The van der Waals surface area contributed by atoms with Gasteiger partial charge in [-0.1, -0.05) is 12.1 Å². The standard InChI is InChI=1S/C26H26N6O3S2/c1-35-23-12-11-19(16-21(23)30-37(2,33)34)32-25(24(29-26(32)36)20-9-4-6-14-28-20)22-10-7-15-31(22)17-18-8-3-5-13-27-18/h3-16,24-25,30H,17H2,1-2H3,(H,29,36)/t24-,25+/m0/s1. The first kappa shape index (κ1) is 24.7. The smallest absolute Gasteiger partial charge is 0.229 e. The van der Waals surface area contributed by atoms with Gasteiger partial charge >= 0.3 is 0 Å². The van der Waals surface area contributed by atoms with Crippen LogP contribution >= 0.6 is 12.2 Å². The van der Waals surface area contributed by atoms with Crippen LogP contribution in [0, 0.1) is 0 Å². The minimum absolute atomic E-state index is 0.250. The number of pyridine rings is 2. The highest BCUT2D eigenvalue weighted by Crippen LogP contribution is 2.43. The van der Waals surface area contributed by atoms with Crippen molar-refractivity contribution in [3.05, 3.63) is 102 Å². The number of hydrogen-bond acceptors (Lipinski definition) is 6. The number of anilines is 2. The topological polar surface area (TPSA) is 101 Å². The minimum atomic E-state index is -3.53. The van der Waals surface area contributed by atoms with Gasteiger partial charge in [-0.3, -0.25) is 14.7 Å². The second kappa shape index (κ2) is 10.2. The third-order valence-corrected chi connectivity index (χ3v) is 6.99. The maximum absolute atomic E-state index is 12.0. The lowest BCUT2D eigenvalue weighted by Crippen LogP contribution is -2.30. The normalized spacial score (nSPS) is 17.5. The van der Waals surface area contributed by atoms with Crippen LogP contribution in [0.3, 0.4) is 0 Å². The van der Waals surface area contributed by atoms with Crippen molar-refractivity contribution in [3.63, 3.8) is 0 Å². The van der Waals surface area contributed by atoms with Gasteiger partial charge in [-0.05, 0) is 66.8 Å². The van der Waals surface area contributed by atoms with Crippen LogP contribution in [-0.4, -0.2) is 41.4 Å². The molecule has 11 heteroatoms. The van der Waals surface area contributed by atoms with Gasteiger partial charge in [-0.2, -0.15) is 0 Å². The Morgan fingerprint density at radius 3 is 2.51 bits per heavy atom. The maximum atomic E-state index is 12.0. The zero-order valence-corrected chi connectivity index (χ0v) is 21.9. The van der Waals surface area contributed by atoms with Crippen molar-refractivity contribution in [2.45, 2.75) is 18.6 Å². The maximum Gasteiger partial charge on any atom is 0.229 e. The average Bonchev–Trinajstić information content (AvgIpc) is 3.47. The van der Waals surface area contributed by atoms with Gasteiger partial charge in [0.2, 0.25) is 10.0 Å². The van der Waals surface area contributed by atoms with Crippen molar-refractivity contribution in [1.29, 1.82) is 0 Å². The number of rotatable bonds is 8. The molecule has 1 fully saturated rings. The Balaban J connectivity index is 1.62. The number of sulfonamides is 1. The summed E-state index contributed by atoms with van der Waals surface area (Å²) in [5.74, 6) is 0.406. The lowest BCUT2D eigenvalue weighted by atomic mass is 10.0. The number of nitrogens with zero attached hydrogens (tertiary/aromatic N) is 4. The number of hydrogen-bond donors (Lipinski definition) is 2. The molecule has 0 radical (unpaired) electrons. The van der Waals surface area contributed by atoms with Crippen LogP contribution in [0.4, 0.5) is 11.4 Å². The number of thiocarbonyl (C=S) groups is 1. The molecule has 37 heavy (non-hydrogen) atoms. The van der Waals surface area contributed by atoms with E-state index in [-0.39, 0.29) is 12.1 Å². The highest BCUT2D eigenvalue weighted by atomic mass is 32.2. The molecule has 2 atom stereocenters. The number of methoxy groups -OCH3 is 1. The van der Waals surface area contributed by atoms with E-state index in [2.05, 4.69) is 30.6 Å². The Bertz CT molecular complexity index is 1510. The van der Waals surface area contributed by atoms with Crippen LogP contribution < -0.4 is 19.7 Å². The van der Waals surface area contributed by atoms with Gasteiger partial charge in [0.1, 0.15) is 11.8 Å². The van der Waals surface area contributed by atoms with E-state index in [4.69, 9.17) is 17.0 Å². The third kappa shape index (κ3) is 5.27. The zero-order chi connectivity index (χ0) is 26.0. The molecule has 4 heterocycles. The van der Waals surface area contributed by atoms with Crippen LogP contribution in [0.2, 0.25) is 0 Å². The summed E-state index contributed by atoms with van der Waals surface area (Å²) in [5.41, 5.74) is 3.80. The Kier molecular flexibility index (Phi) is 6.81. The van der Waals surface area contributed by atoms with E-state index in [9.17, 15) is 8.42 Å². The fourth-order valence-electron chi connectivity index (χ4n) is 4.56. The second-order valence-corrected chi connectivity index (χ2v) is 10.8. The van der Waals surface area contributed by atoms with Gasteiger partial charge in [0, 0.05) is 30.0 Å². The van der Waals surface area contributed by atoms with E-state index in [0.29, 0.717) is 28.8 Å². The summed E-state index contributed by atoms with van der Waals surface area (Å²) in [4.78, 5) is 11.1. The van der Waals surface area contributed by atoms with E-state index in [1.54, 1.807) is 24.5 Å². The van der Waals surface area contributed by atoms with Crippen LogP contribution in [0.1, 0.15) is 29.2 Å². The lowest BCUT2D eigenvalue weighted by molar-refractivity contribution is 0.417. The fraction of sp³-hybridized carbons (Fsp3) is 0.192. The molecule has 0 unspecified atom stereocenters. The quantitative estimate of drug-likeness (QED) is 0.329. The Morgan fingerprint density at radius 1 is 1.05 bits per heavy atom. The van der Waals surface area contributed by atoms with E-state index in [0.717, 1.165) is 23.3 Å². The van der Waals surface area contributed by atoms with Crippen molar-refractivity contribution >= 4 is 38.7 Å². The third-order valence-electron chi connectivity index (χ3n) is 6.08. The van der Waals surface area contributed by atoms with Crippen LogP contribution in [0.15, 0.2) is 85.3 Å². The molecule has 4 aromatic rings. The highest BCUT2D eigenvalue weighted by Gasteiger charge is 2.42. The first-order valence-electron chi connectivity index (χ1n) is 11.6. The van der Waals surface area contributed by atoms with E-state index in [1.165, 1.54) is 7.11 Å². The van der Waals surface area contributed by atoms with Crippen LogP contribution in [0.25, 0.3) is 0 Å². The Labute approximate surface area is 221 Å². The number of nitrogens with one attached hydrogen (secondary N) is 2. The fourth-order valence-corrected chi connectivity index (χ4v) is 5.47. The largest absolute Gasteiger partial charge is 0.495 e. The minimum Gasteiger partial charge on any atom is -0.495 e. The molecule has 190 valence electrons. The molecule has 0 spiro atoms. The summed E-state index contributed by atoms with van der Waals surface area (Å²) >= 11 is 5.83. The molecule has 1 saturated heterocycles. The first-order valence-corrected chi connectivity index (χ1v) is 13.9. The molecule has 2 N–H and O–H groups in total. The van der Waals surface area contributed by atoms with Gasteiger partial charge in [0.15, 0.2) is 5.11 Å². The molecule has 0 bridgehead atoms. The van der Waals surface area contributed by atoms with Gasteiger partial charge in [-0.25, -0.2) is 8.42 Å². The summed E-state index contributed by atoms with van der Waals surface area (Å²) in [5, 5.41) is 3.94. The molecular weight excluding hydrogens is 508 g/mol. The van der Waals surface area contributed by atoms with Crippen molar-refractivity contribution < 1.29 is 13.2 Å². The highest BCUT2D eigenvalue weighted by molar-refractivity contribution is 7.92. The summed E-state index contributed by atoms with van der Waals surface area (Å²) < 4.78 is 34.2. The molecule has 1 aromatic carbocycles. The Morgan fingerprint density at radius 2 is 1.84 bits per heavy atom. The van der Waals surface area contributed by atoms with Crippen molar-refractivity contribution in [3.8, 4) is 5.75 Å². The van der Waals surface area contributed by atoms with E-state index < -0.39 is 10.0 Å². The SMILES string of the molecule is COc1ccc(N2C(=S)N[C@@H](c3ccccn3)[C@H]2c2cccn2Cc2ccccn2)cc1NS(C)(=O)=O. The molecule has 3 aromatic heterocycles. The molecule has 0 aliphatic carbocycles. The lowest BCUT2D eigenvalue weighted by Gasteiger charge is -2.29. The van der Waals surface area contributed by atoms with Gasteiger partial charge in [-0.15, -0.1) is 0 Å². The van der Waals surface area contributed by atoms with Crippen molar-refractivity contribution in [2.75, 3.05) is 23.0 Å². The summed E-state index contributed by atoms with van der Waals surface area (Å²) in [6.45, 7) is 0.582. The summed E-state index contributed by atoms with van der Waals surface area (Å²) in [6, 6.07) is 20.5. The summed E-state index contributed by atoms with van der Waals surface area (Å²) in [6.07, 6.45) is 6.66. The van der Waals surface area contributed by atoms with E-state index >= 15 is 0 Å². The van der Waals surface area contributed by atoms with Gasteiger partial charge in [0.25, 0.3) is 0 Å². The van der Waals surface area contributed by atoms with Crippen molar-refractivity contribution in [1.82, 2.24) is 19.9 Å². The van der Waals surface area contributed by atoms with Crippen LogP contribution in [0.5, 0.6) is 5.75 Å². The average molecular weight is 535 g/mol. The second-order valence-electron chi connectivity index (χ2n) is 8.64. The molecular formula is C26H26N6O3S2. The Hall–Kier alpha value is -3.96. The molecule has 1 aliphatic rings. The molecule has 0 saturated carbocycles. The monoisotopic (exact) mass is 534 g/mol. The van der Waals surface area contributed by atoms with Gasteiger partial charge < -0.3 is 19.5 Å². The van der Waals surface area contributed by atoms with E-state index in [1.807, 2.05) is 59.6 Å². The van der Waals surface area contributed by atoms with Crippen LogP contribution in [-0.2, 0) is 16.6 Å². The number of benzene rings is 1. The van der Waals surface area contributed by atoms with Gasteiger partial charge in [0.05, 0.1) is 43.0 Å². The predicted octanol–water partition coefficient (Wildman–Crippen LogP) is 3.88.